The molecule has 3 aromatic rings. The zero-order chi connectivity index (χ0) is 27.0. The number of methoxy groups -OCH3 is 1. The standard InChI is InChI=1S/C27H31ClN6O3S/c1-33-11-9-18(10-12-33)20-15-25(37-3)23-14-19(20)7-5-17-6-8-24(34(2)38(4,35)36)22(13-17)30-26-21(28)16-29-27(31-23)32-26/h5-8,13-16,18H,9-12H2,1-4H3,(H2,29,30,31,32). The van der Waals surface area contributed by atoms with Crippen molar-refractivity contribution in [2.75, 3.05) is 50.2 Å². The number of likely N-dealkylation sites (tertiary alicyclic amines) is 1. The van der Waals surface area contributed by atoms with Crippen LogP contribution in [0.5, 0.6) is 5.75 Å². The highest BCUT2D eigenvalue weighted by Gasteiger charge is 2.21. The van der Waals surface area contributed by atoms with Gasteiger partial charge in [0.1, 0.15) is 11.3 Å². The molecule has 0 unspecified atom stereocenters. The summed E-state index contributed by atoms with van der Waals surface area (Å²) in [7, 11) is 1.80. The third-order valence-corrected chi connectivity index (χ3v) is 8.58. The Hall–Kier alpha value is -3.34. The number of halogens is 1. The first kappa shape index (κ1) is 26.3. The molecule has 0 radical (unpaired) electrons. The molecule has 9 nitrogen and oxygen atoms in total. The van der Waals surface area contributed by atoms with Crippen molar-refractivity contribution in [1.29, 1.82) is 0 Å². The number of nitrogens with zero attached hydrogens (tertiary/aromatic N) is 4. The molecular formula is C27H31ClN6O3S. The summed E-state index contributed by atoms with van der Waals surface area (Å²) in [5.74, 6) is 1.84. The summed E-state index contributed by atoms with van der Waals surface area (Å²) in [6.45, 7) is 2.08. The molecule has 5 rings (SSSR count). The molecule has 0 amide bonds. The fourth-order valence-electron chi connectivity index (χ4n) is 4.82. The maximum atomic E-state index is 12.3. The molecule has 3 heterocycles. The highest BCUT2D eigenvalue weighted by Crippen LogP contribution is 2.35. The van der Waals surface area contributed by atoms with E-state index in [1.807, 2.05) is 24.3 Å². The molecule has 2 aliphatic rings. The molecular weight excluding hydrogens is 524 g/mol. The van der Waals surface area contributed by atoms with Crippen LogP contribution in [-0.4, -0.2) is 68.8 Å². The molecule has 38 heavy (non-hydrogen) atoms. The predicted octanol–water partition coefficient (Wildman–Crippen LogP) is 4.97. The predicted molar refractivity (Wildman–Crippen MR) is 155 cm³/mol. The quantitative estimate of drug-likeness (QED) is 0.469. The number of hydrogen-bond acceptors (Lipinski definition) is 7. The Morgan fingerprint density at radius 3 is 2.53 bits per heavy atom. The molecule has 2 N–H and O–H groups in total. The van der Waals surface area contributed by atoms with Gasteiger partial charge < -0.3 is 19.9 Å². The smallest absolute Gasteiger partial charge is 0.232 e. The van der Waals surface area contributed by atoms with Gasteiger partial charge in [-0.3, -0.25) is 4.31 Å². The molecule has 6 bridgehead atoms. The summed E-state index contributed by atoms with van der Waals surface area (Å²) in [5.41, 5.74) is 2.77. The molecule has 0 aliphatic carbocycles. The number of H-pyrrole nitrogens is 1. The van der Waals surface area contributed by atoms with Crippen LogP contribution in [0.2, 0.25) is 0 Å². The minimum absolute atomic E-state index is 0.331. The van der Waals surface area contributed by atoms with E-state index in [1.54, 1.807) is 19.4 Å². The maximum absolute atomic E-state index is 12.3. The van der Waals surface area contributed by atoms with Crippen LogP contribution in [-0.2, 0) is 10.0 Å². The van der Waals surface area contributed by atoms with Gasteiger partial charge in [0.15, 0.2) is 5.82 Å². The first-order chi connectivity index (χ1) is 18.1. The minimum Gasteiger partial charge on any atom is -0.494 e. The summed E-state index contributed by atoms with van der Waals surface area (Å²) in [6, 6.07) is 13.7. The van der Waals surface area contributed by atoms with Gasteiger partial charge in [0.25, 0.3) is 0 Å². The topological polar surface area (TPSA) is 103 Å². The lowest BCUT2D eigenvalue weighted by Crippen LogP contribution is -2.29. The fraction of sp³-hybridized carbons (Fsp3) is 0.333. The number of piperidine rings is 1. The third kappa shape index (κ3) is 5.43. The molecule has 2 aromatic carbocycles. The number of benzene rings is 2. The van der Waals surface area contributed by atoms with Crippen molar-refractivity contribution in [3.8, 4) is 5.75 Å². The van der Waals surface area contributed by atoms with Crippen molar-refractivity contribution in [3.05, 3.63) is 60.1 Å². The van der Waals surface area contributed by atoms with E-state index in [2.05, 4.69) is 34.4 Å². The van der Waals surface area contributed by atoms with Crippen molar-refractivity contribution >= 4 is 60.1 Å². The van der Waals surface area contributed by atoms with Crippen LogP contribution in [0.4, 0.5) is 11.6 Å². The third-order valence-electron chi connectivity index (χ3n) is 7.10. The Kier molecular flexibility index (Phi) is 7.21. The summed E-state index contributed by atoms with van der Waals surface area (Å²) in [4.78, 5) is 15.0. The largest absolute Gasteiger partial charge is 0.494 e. The molecule has 2 aliphatic heterocycles. The van der Waals surface area contributed by atoms with Crippen LogP contribution in [0.3, 0.4) is 0 Å². The zero-order valence-electron chi connectivity index (χ0n) is 21.8. The number of aromatic nitrogens is 3. The number of rotatable bonds is 4. The second-order valence-corrected chi connectivity index (χ2v) is 12.1. The van der Waals surface area contributed by atoms with Crippen molar-refractivity contribution in [2.45, 2.75) is 18.8 Å². The molecule has 0 atom stereocenters. The van der Waals surface area contributed by atoms with Gasteiger partial charge in [-0.15, -0.1) is 0 Å². The van der Waals surface area contributed by atoms with E-state index < -0.39 is 10.0 Å². The van der Waals surface area contributed by atoms with Crippen LogP contribution in [0, 0.1) is 0 Å². The van der Waals surface area contributed by atoms with E-state index in [0.717, 1.165) is 43.0 Å². The lowest BCUT2D eigenvalue weighted by Gasteiger charge is -2.29. The second kappa shape index (κ2) is 10.4. The molecule has 1 aromatic heterocycles. The normalized spacial score (nSPS) is 16.0. The van der Waals surface area contributed by atoms with Crippen LogP contribution in [0.1, 0.15) is 30.1 Å². The van der Waals surface area contributed by atoms with Gasteiger partial charge in [0, 0.05) is 13.2 Å². The number of aromatic amines is 1. The van der Waals surface area contributed by atoms with Crippen LogP contribution >= 0.6 is 11.6 Å². The van der Waals surface area contributed by atoms with Gasteiger partial charge in [0.2, 0.25) is 16.0 Å². The first-order valence-corrected chi connectivity index (χ1v) is 14.6. The Morgan fingerprint density at radius 2 is 1.82 bits per heavy atom. The van der Waals surface area contributed by atoms with Crippen LogP contribution in [0.15, 0.2) is 48.7 Å². The van der Waals surface area contributed by atoms with Gasteiger partial charge in [-0.2, -0.15) is 0 Å². The fourth-order valence-corrected chi connectivity index (χ4v) is 5.48. The molecule has 200 valence electrons. The first-order valence-electron chi connectivity index (χ1n) is 12.4. The Labute approximate surface area is 227 Å². The number of nitrogens with one attached hydrogen (secondary N) is 2. The van der Waals surface area contributed by atoms with E-state index in [4.69, 9.17) is 26.3 Å². The minimum atomic E-state index is -3.51. The van der Waals surface area contributed by atoms with E-state index in [0.29, 0.717) is 45.2 Å². The number of hydrogen-bond donors (Lipinski definition) is 2. The molecule has 1 saturated heterocycles. The zero-order valence-corrected chi connectivity index (χ0v) is 23.4. The maximum Gasteiger partial charge on any atom is 0.232 e. The van der Waals surface area contributed by atoms with Gasteiger partial charge in [0.05, 0.1) is 29.6 Å². The number of anilines is 2. The van der Waals surface area contributed by atoms with Gasteiger partial charge >= 0.3 is 0 Å². The van der Waals surface area contributed by atoms with Gasteiger partial charge in [-0.1, -0.05) is 29.8 Å². The summed E-state index contributed by atoms with van der Waals surface area (Å²) < 4.78 is 31.7. The van der Waals surface area contributed by atoms with Gasteiger partial charge in [-0.05, 0) is 79.5 Å². The Balaban J connectivity index is 1.83. The number of ether oxygens (including phenoxy) is 1. The van der Waals surface area contributed by atoms with Crippen molar-refractivity contribution < 1.29 is 13.2 Å². The van der Waals surface area contributed by atoms with Gasteiger partial charge in [-0.25, -0.2) is 18.4 Å². The Morgan fingerprint density at radius 1 is 1.08 bits per heavy atom. The van der Waals surface area contributed by atoms with E-state index in [9.17, 15) is 8.42 Å². The van der Waals surface area contributed by atoms with E-state index >= 15 is 0 Å². The average Bonchev–Trinajstić information content (AvgIpc) is 2.89. The summed E-state index contributed by atoms with van der Waals surface area (Å²) in [5, 5.41) is 5.32. The highest BCUT2D eigenvalue weighted by molar-refractivity contribution is 7.92. The van der Waals surface area contributed by atoms with E-state index in [1.165, 1.54) is 16.9 Å². The van der Waals surface area contributed by atoms with Crippen LogP contribution in [0.25, 0.3) is 26.8 Å². The molecule has 0 spiro atoms. The highest BCUT2D eigenvalue weighted by atomic mass is 35.5. The Bertz CT molecular complexity index is 1630. The van der Waals surface area contributed by atoms with E-state index in [-0.39, 0.29) is 0 Å². The van der Waals surface area contributed by atoms with Crippen LogP contribution < -0.4 is 14.4 Å². The SMILES string of the molecule is COc1cc(C2CCN(C)CC2)c2ccc3ccc(N(C)S(C)(=O)=O)c(c3)nc3[nH]c(nc1c2)NC=C3Cl. The summed E-state index contributed by atoms with van der Waals surface area (Å²) >= 11 is 6.46. The van der Waals surface area contributed by atoms with Crippen molar-refractivity contribution in [3.63, 3.8) is 0 Å². The average molecular weight is 555 g/mol. The van der Waals surface area contributed by atoms with Crippen molar-refractivity contribution in [1.82, 2.24) is 19.9 Å². The monoisotopic (exact) mass is 554 g/mol. The molecule has 0 saturated carbocycles. The number of sulfonamides is 1. The number of fused-ring (bicyclic) bond motifs is 6. The lowest BCUT2D eigenvalue weighted by molar-refractivity contribution is 0.255. The van der Waals surface area contributed by atoms with Crippen molar-refractivity contribution in [2.24, 2.45) is 0 Å². The lowest BCUT2D eigenvalue weighted by atomic mass is 9.87. The molecule has 11 heteroatoms. The summed E-state index contributed by atoms with van der Waals surface area (Å²) in [6.07, 6.45) is 4.88. The second-order valence-electron chi connectivity index (χ2n) is 9.72. The molecule has 1 fully saturated rings.